The third-order valence-electron chi connectivity index (χ3n) is 5.32. The SMILES string of the molecule is CN=C(NCCCCn1ccccc1=O)N1CCN(C(=O)C2CCCO2)CC1.I. The molecule has 0 aliphatic carbocycles. The van der Waals surface area contributed by atoms with Gasteiger partial charge in [0.2, 0.25) is 5.56 Å². The van der Waals surface area contributed by atoms with Crippen molar-refractivity contribution in [2.24, 2.45) is 4.99 Å². The molecule has 2 aliphatic rings. The van der Waals surface area contributed by atoms with Crippen molar-refractivity contribution < 1.29 is 9.53 Å². The van der Waals surface area contributed by atoms with Gasteiger partial charge in [-0.3, -0.25) is 14.6 Å². The van der Waals surface area contributed by atoms with E-state index in [1.165, 1.54) is 0 Å². The Morgan fingerprint density at radius 2 is 1.97 bits per heavy atom. The Morgan fingerprint density at radius 1 is 1.21 bits per heavy atom. The number of carbonyl (C=O) groups is 1. The molecule has 1 aromatic rings. The number of piperazine rings is 1. The largest absolute Gasteiger partial charge is 0.368 e. The zero-order valence-corrected chi connectivity index (χ0v) is 19.4. The number of carbonyl (C=O) groups excluding carboxylic acids is 1. The van der Waals surface area contributed by atoms with E-state index in [0.717, 1.165) is 57.8 Å². The van der Waals surface area contributed by atoms with Crippen LogP contribution in [0.2, 0.25) is 0 Å². The van der Waals surface area contributed by atoms with Crippen LogP contribution in [0.4, 0.5) is 0 Å². The van der Waals surface area contributed by atoms with Gasteiger partial charge in [0.1, 0.15) is 6.10 Å². The summed E-state index contributed by atoms with van der Waals surface area (Å²) in [5.41, 5.74) is 0.0432. The van der Waals surface area contributed by atoms with Gasteiger partial charge in [0, 0.05) is 65.2 Å². The van der Waals surface area contributed by atoms with Gasteiger partial charge in [-0.15, -0.1) is 24.0 Å². The zero-order chi connectivity index (χ0) is 19.8. The molecule has 3 heterocycles. The van der Waals surface area contributed by atoms with Crippen molar-refractivity contribution in [3.8, 4) is 0 Å². The highest BCUT2D eigenvalue weighted by atomic mass is 127. The average Bonchev–Trinajstić information content (AvgIpc) is 3.26. The molecular formula is C20H32IN5O3. The molecule has 3 rings (SSSR count). The van der Waals surface area contributed by atoms with E-state index in [1.807, 2.05) is 17.2 Å². The maximum Gasteiger partial charge on any atom is 0.251 e. The Kier molecular flexibility index (Phi) is 9.92. The molecule has 1 amide bonds. The Hall–Kier alpha value is -1.62. The van der Waals surface area contributed by atoms with Gasteiger partial charge in [0.05, 0.1) is 0 Å². The van der Waals surface area contributed by atoms with Crippen LogP contribution in [0.3, 0.4) is 0 Å². The second-order valence-electron chi connectivity index (χ2n) is 7.23. The number of guanidine groups is 1. The van der Waals surface area contributed by atoms with Gasteiger partial charge < -0.3 is 24.4 Å². The first-order valence-electron chi connectivity index (χ1n) is 10.2. The molecule has 0 spiro atoms. The van der Waals surface area contributed by atoms with Gasteiger partial charge in [-0.05, 0) is 31.7 Å². The number of halogens is 1. The minimum Gasteiger partial charge on any atom is -0.368 e. The van der Waals surface area contributed by atoms with Gasteiger partial charge >= 0.3 is 0 Å². The highest BCUT2D eigenvalue weighted by molar-refractivity contribution is 14.0. The molecule has 29 heavy (non-hydrogen) atoms. The molecule has 1 atom stereocenters. The summed E-state index contributed by atoms with van der Waals surface area (Å²) in [5, 5.41) is 3.40. The van der Waals surface area contributed by atoms with Crippen molar-refractivity contribution in [3.05, 3.63) is 34.7 Å². The number of hydrogen-bond donors (Lipinski definition) is 1. The summed E-state index contributed by atoms with van der Waals surface area (Å²) >= 11 is 0. The van der Waals surface area contributed by atoms with Crippen LogP contribution < -0.4 is 10.9 Å². The molecule has 1 N–H and O–H groups in total. The van der Waals surface area contributed by atoms with Gasteiger partial charge in [0.25, 0.3) is 5.91 Å². The number of unbranched alkanes of at least 4 members (excludes halogenated alkanes) is 1. The van der Waals surface area contributed by atoms with Crippen LogP contribution in [0.25, 0.3) is 0 Å². The Morgan fingerprint density at radius 3 is 2.62 bits per heavy atom. The number of hydrogen-bond acceptors (Lipinski definition) is 4. The second kappa shape index (κ2) is 12.2. The summed E-state index contributed by atoms with van der Waals surface area (Å²) in [6.07, 6.45) is 5.30. The molecule has 2 saturated heterocycles. The van der Waals surface area contributed by atoms with Crippen molar-refractivity contribution in [3.63, 3.8) is 0 Å². The topological polar surface area (TPSA) is 79.2 Å². The van der Waals surface area contributed by atoms with Crippen LogP contribution in [0.5, 0.6) is 0 Å². The lowest BCUT2D eigenvalue weighted by molar-refractivity contribution is -0.142. The zero-order valence-electron chi connectivity index (χ0n) is 17.1. The predicted molar refractivity (Wildman–Crippen MR) is 124 cm³/mol. The van der Waals surface area contributed by atoms with Crippen LogP contribution in [0.1, 0.15) is 25.7 Å². The van der Waals surface area contributed by atoms with Crippen molar-refractivity contribution in [1.82, 2.24) is 19.7 Å². The predicted octanol–water partition coefficient (Wildman–Crippen LogP) is 1.15. The van der Waals surface area contributed by atoms with E-state index in [0.29, 0.717) is 19.7 Å². The molecule has 9 heteroatoms. The molecule has 0 radical (unpaired) electrons. The van der Waals surface area contributed by atoms with Crippen LogP contribution in [0.15, 0.2) is 34.2 Å². The van der Waals surface area contributed by atoms with Crippen molar-refractivity contribution >= 4 is 35.8 Å². The first kappa shape index (κ1) is 23.7. The van der Waals surface area contributed by atoms with Gasteiger partial charge in [0.15, 0.2) is 5.96 Å². The fraction of sp³-hybridized carbons (Fsp3) is 0.650. The number of nitrogens with zero attached hydrogens (tertiary/aromatic N) is 4. The molecule has 0 saturated carbocycles. The third kappa shape index (κ3) is 6.70. The first-order chi connectivity index (χ1) is 13.7. The number of aryl methyl sites for hydroxylation is 1. The van der Waals surface area contributed by atoms with Crippen LogP contribution in [-0.4, -0.2) is 78.7 Å². The van der Waals surface area contributed by atoms with E-state index in [1.54, 1.807) is 23.7 Å². The maximum absolute atomic E-state index is 12.4. The second-order valence-corrected chi connectivity index (χ2v) is 7.23. The third-order valence-corrected chi connectivity index (χ3v) is 5.32. The lowest BCUT2D eigenvalue weighted by atomic mass is 10.2. The number of ether oxygens (including phenoxy) is 1. The number of aliphatic imine (C=N–C) groups is 1. The quantitative estimate of drug-likeness (QED) is 0.265. The summed E-state index contributed by atoms with van der Waals surface area (Å²) in [6.45, 7) is 5.20. The molecule has 1 unspecified atom stereocenters. The van der Waals surface area contributed by atoms with Crippen molar-refractivity contribution in [1.29, 1.82) is 0 Å². The van der Waals surface area contributed by atoms with E-state index in [-0.39, 0.29) is 41.5 Å². The summed E-state index contributed by atoms with van der Waals surface area (Å²) in [5.74, 6) is 1.01. The monoisotopic (exact) mass is 517 g/mol. The Labute approximate surface area is 189 Å². The lowest BCUT2D eigenvalue weighted by Crippen LogP contribution is -2.55. The van der Waals surface area contributed by atoms with Gasteiger partial charge in [-0.2, -0.15) is 0 Å². The van der Waals surface area contributed by atoms with Crippen molar-refractivity contribution in [2.75, 3.05) is 46.4 Å². The lowest BCUT2D eigenvalue weighted by Gasteiger charge is -2.37. The molecule has 2 fully saturated rings. The van der Waals surface area contributed by atoms with Gasteiger partial charge in [-0.25, -0.2) is 0 Å². The smallest absolute Gasteiger partial charge is 0.251 e. The van der Waals surface area contributed by atoms with E-state index in [4.69, 9.17) is 4.74 Å². The molecule has 0 aromatic carbocycles. The Balaban J connectivity index is 0.00000300. The highest BCUT2D eigenvalue weighted by Crippen LogP contribution is 2.16. The maximum atomic E-state index is 12.4. The van der Waals surface area contributed by atoms with Gasteiger partial charge in [-0.1, -0.05) is 6.07 Å². The van der Waals surface area contributed by atoms with Crippen molar-refractivity contribution in [2.45, 2.75) is 38.3 Å². The van der Waals surface area contributed by atoms with E-state index in [9.17, 15) is 9.59 Å². The highest BCUT2D eigenvalue weighted by Gasteiger charge is 2.30. The van der Waals surface area contributed by atoms with Crippen LogP contribution >= 0.6 is 24.0 Å². The van der Waals surface area contributed by atoms with Crippen LogP contribution in [0, 0.1) is 0 Å². The van der Waals surface area contributed by atoms with Crippen LogP contribution in [-0.2, 0) is 16.1 Å². The van der Waals surface area contributed by atoms with E-state index >= 15 is 0 Å². The molecule has 162 valence electrons. The average molecular weight is 517 g/mol. The molecule has 0 bridgehead atoms. The Bertz CT molecular complexity index is 725. The number of aromatic nitrogens is 1. The fourth-order valence-corrected chi connectivity index (χ4v) is 3.70. The molecular weight excluding hydrogens is 485 g/mol. The van der Waals surface area contributed by atoms with E-state index in [2.05, 4.69) is 15.2 Å². The first-order valence-corrected chi connectivity index (χ1v) is 10.2. The molecule has 8 nitrogen and oxygen atoms in total. The minimum absolute atomic E-state index is 0. The fourth-order valence-electron chi connectivity index (χ4n) is 3.70. The number of rotatable bonds is 6. The summed E-state index contributed by atoms with van der Waals surface area (Å²) < 4.78 is 7.25. The summed E-state index contributed by atoms with van der Waals surface area (Å²) in [7, 11) is 1.79. The summed E-state index contributed by atoms with van der Waals surface area (Å²) in [4.78, 5) is 32.6. The molecule has 1 aromatic heterocycles. The normalized spacial score (nSPS) is 19.8. The number of amides is 1. The molecule has 2 aliphatic heterocycles. The number of pyridine rings is 1. The minimum atomic E-state index is -0.235. The standard InChI is InChI=1S/C20H31N5O3.HI/c1-21-20(22-9-3-5-11-23-10-4-2-8-18(23)26)25-14-12-24(13-15-25)19(27)17-7-6-16-28-17;/h2,4,8,10,17H,3,5-7,9,11-16H2,1H3,(H,21,22);1H. The summed E-state index contributed by atoms with van der Waals surface area (Å²) in [6, 6.07) is 5.23. The number of nitrogens with one attached hydrogen (secondary N) is 1. The van der Waals surface area contributed by atoms with E-state index < -0.39 is 0 Å².